The predicted octanol–water partition coefficient (Wildman–Crippen LogP) is 5.53. The molecule has 0 bridgehead atoms. The molecule has 2 nitrogen and oxygen atoms in total. The molecule has 2 radical (unpaired) electrons. The summed E-state index contributed by atoms with van der Waals surface area (Å²) in [5.74, 6) is 1.58. The molecule has 6 heteroatoms. The SMILES string of the molecule is CCC([Si](Cl)Oc1ccc(C)cc1)[Si](Cl)Oc1ccc(C)cc1. The van der Waals surface area contributed by atoms with Gasteiger partial charge < -0.3 is 8.85 Å². The zero-order valence-corrected chi connectivity index (χ0v) is 17.0. The second-order valence-electron chi connectivity index (χ2n) is 5.40. The molecule has 0 aromatic heterocycles. The van der Waals surface area contributed by atoms with Gasteiger partial charge in [0.2, 0.25) is 0 Å². The van der Waals surface area contributed by atoms with Crippen molar-refractivity contribution in [3.63, 3.8) is 0 Å². The minimum atomic E-state index is -1.61. The molecule has 0 spiro atoms. The molecule has 0 saturated heterocycles. The van der Waals surface area contributed by atoms with Gasteiger partial charge in [0.05, 0.1) is 0 Å². The molecule has 0 saturated carbocycles. The summed E-state index contributed by atoms with van der Waals surface area (Å²) in [5, 5.41) is 0.0657. The quantitative estimate of drug-likeness (QED) is 0.462. The van der Waals surface area contributed by atoms with Crippen LogP contribution in [0, 0.1) is 13.8 Å². The zero-order chi connectivity index (χ0) is 16.8. The molecule has 122 valence electrons. The van der Waals surface area contributed by atoms with Crippen LogP contribution in [0.5, 0.6) is 11.5 Å². The third-order valence-corrected chi connectivity index (χ3v) is 10.9. The van der Waals surface area contributed by atoms with Gasteiger partial charge in [0, 0.05) is 5.16 Å². The highest BCUT2D eigenvalue weighted by Crippen LogP contribution is 2.28. The monoisotopic (exact) mass is 382 g/mol. The van der Waals surface area contributed by atoms with Crippen molar-refractivity contribution in [3.05, 3.63) is 59.7 Å². The molecule has 2 rings (SSSR count). The largest absolute Gasteiger partial charge is 0.528 e. The van der Waals surface area contributed by atoms with Gasteiger partial charge in [0.1, 0.15) is 11.5 Å². The van der Waals surface area contributed by atoms with E-state index in [2.05, 4.69) is 6.92 Å². The van der Waals surface area contributed by atoms with E-state index in [0.29, 0.717) is 0 Å². The minimum Gasteiger partial charge on any atom is -0.528 e. The van der Waals surface area contributed by atoms with Crippen LogP contribution in [-0.4, -0.2) is 16.7 Å². The van der Waals surface area contributed by atoms with Crippen LogP contribution in [0.4, 0.5) is 0 Å². The van der Waals surface area contributed by atoms with Gasteiger partial charge in [-0.2, -0.15) is 0 Å². The van der Waals surface area contributed by atoms with Crippen LogP contribution in [0.1, 0.15) is 24.5 Å². The topological polar surface area (TPSA) is 18.5 Å². The van der Waals surface area contributed by atoms with E-state index in [0.717, 1.165) is 17.9 Å². The summed E-state index contributed by atoms with van der Waals surface area (Å²) in [6, 6.07) is 15.8. The minimum absolute atomic E-state index is 0.0657. The second-order valence-corrected chi connectivity index (χ2v) is 11.2. The average Bonchev–Trinajstić information content (AvgIpc) is 2.52. The highest BCUT2D eigenvalue weighted by Gasteiger charge is 2.36. The van der Waals surface area contributed by atoms with Crippen molar-refractivity contribution in [2.75, 3.05) is 0 Å². The molecule has 23 heavy (non-hydrogen) atoms. The molecule has 0 N–H and O–H groups in total. The van der Waals surface area contributed by atoms with Crippen molar-refractivity contribution in [2.24, 2.45) is 0 Å². The van der Waals surface area contributed by atoms with Crippen molar-refractivity contribution in [1.82, 2.24) is 0 Å². The van der Waals surface area contributed by atoms with E-state index in [9.17, 15) is 0 Å². The smallest absolute Gasteiger partial charge is 0.397 e. The highest BCUT2D eigenvalue weighted by molar-refractivity contribution is 7.17. The lowest BCUT2D eigenvalue weighted by Crippen LogP contribution is -2.34. The van der Waals surface area contributed by atoms with Gasteiger partial charge in [0.15, 0.2) is 0 Å². The molecule has 2 aromatic carbocycles. The van der Waals surface area contributed by atoms with Crippen LogP contribution in [0.2, 0.25) is 5.16 Å². The number of hydrogen-bond donors (Lipinski definition) is 0. The van der Waals surface area contributed by atoms with E-state index < -0.39 is 16.7 Å². The standard InChI is InChI=1S/C17H20Cl2O2Si2/c1-4-17(22(18)20-15-9-5-13(2)6-10-15)23(19)21-16-11-7-14(3)8-12-16/h5-12,17H,4H2,1-3H3. The maximum Gasteiger partial charge on any atom is 0.397 e. The van der Waals surface area contributed by atoms with Gasteiger partial charge in [-0.1, -0.05) is 42.3 Å². The predicted molar refractivity (Wildman–Crippen MR) is 101 cm³/mol. The third kappa shape index (κ3) is 5.57. The fraction of sp³-hybridized carbons (Fsp3) is 0.294. The Morgan fingerprint density at radius 2 is 1.13 bits per heavy atom. The number of aryl methyl sites for hydroxylation is 2. The Hall–Kier alpha value is -0.946. The Morgan fingerprint density at radius 1 is 0.783 bits per heavy atom. The van der Waals surface area contributed by atoms with Crippen molar-refractivity contribution in [3.8, 4) is 11.5 Å². The summed E-state index contributed by atoms with van der Waals surface area (Å²) in [6.07, 6.45) is 0.841. The van der Waals surface area contributed by atoms with Crippen LogP contribution in [-0.2, 0) is 0 Å². The molecule has 0 aliphatic carbocycles. The Bertz CT molecular complexity index is 551. The van der Waals surface area contributed by atoms with E-state index in [1.54, 1.807) is 0 Å². The maximum absolute atomic E-state index is 6.55. The normalized spacial score (nSPS) is 11.3. The van der Waals surface area contributed by atoms with E-state index in [4.69, 9.17) is 31.0 Å². The van der Waals surface area contributed by atoms with Crippen molar-refractivity contribution in [2.45, 2.75) is 32.4 Å². The van der Waals surface area contributed by atoms with Crippen LogP contribution < -0.4 is 8.85 Å². The molecule has 0 unspecified atom stereocenters. The molecule has 0 aliphatic rings. The second kappa shape index (κ2) is 8.78. The molecule has 0 atom stereocenters. The van der Waals surface area contributed by atoms with Gasteiger partial charge in [0.25, 0.3) is 0 Å². The first-order valence-corrected chi connectivity index (χ1v) is 12.5. The summed E-state index contributed by atoms with van der Waals surface area (Å²) < 4.78 is 11.9. The summed E-state index contributed by atoms with van der Waals surface area (Å²) in [7, 11) is -3.22. The molecule has 0 heterocycles. The average molecular weight is 383 g/mol. The van der Waals surface area contributed by atoms with Gasteiger partial charge in [-0.15, -0.1) is 22.2 Å². The molecule has 2 aromatic rings. The van der Waals surface area contributed by atoms with Crippen LogP contribution in [0.15, 0.2) is 48.5 Å². The Labute approximate surface area is 151 Å². The number of rotatable bonds is 7. The lowest BCUT2D eigenvalue weighted by molar-refractivity contribution is 0.548. The summed E-state index contributed by atoms with van der Waals surface area (Å²) in [4.78, 5) is 0. The van der Waals surface area contributed by atoms with Gasteiger partial charge in [-0.25, -0.2) is 0 Å². The van der Waals surface area contributed by atoms with Crippen LogP contribution >= 0.6 is 22.2 Å². The highest BCUT2D eigenvalue weighted by atomic mass is 35.6. The Kier molecular flexibility index (Phi) is 7.02. The summed E-state index contributed by atoms with van der Waals surface area (Å²) in [6.45, 7) is 6.16. The Balaban J connectivity index is 1.99. The molecule has 0 fully saturated rings. The molecular formula is C17H20Cl2O2Si2. The maximum atomic E-state index is 6.55. The lowest BCUT2D eigenvalue weighted by Gasteiger charge is -2.22. The number of hydrogen-bond acceptors (Lipinski definition) is 2. The van der Waals surface area contributed by atoms with Crippen LogP contribution in [0.3, 0.4) is 0 Å². The number of halogens is 2. The zero-order valence-electron chi connectivity index (χ0n) is 13.5. The molecule has 0 amide bonds. The van der Waals surface area contributed by atoms with Gasteiger partial charge in [-0.3, -0.25) is 0 Å². The van der Waals surface area contributed by atoms with Crippen molar-refractivity contribution < 1.29 is 8.85 Å². The van der Waals surface area contributed by atoms with Gasteiger partial charge >= 0.3 is 16.7 Å². The van der Waals surface area contributed by atoms with Gasteiger partial charge in [-0.05, 0) is 44.5 Å². The van der Waals surface area contributed by atoms with E-state index >= 15 is 0 Å². The van der Waals surface area contributed by atoms with E-state index in [1.807, 2.05) is 62.4 Å². The first-order valence-electron chi connectivity index (χ1n) is 7.53. The number of benzene rings is 2. The summed E-state index contributed by atoms with van der Waals surface area (Å²) >= 11 is 13.1. The van der Waals surface area contributed by atoms with Crippen molar-refractivity contribution >= 4 is 38.9 Å². The third-order valence-electron chi connectivity index (χ3n) is 3.43. The molecule has 0 aliphatic heterocycles. The Morgan fingerprint density at radius 3 is 1.43 bits per heavy atom. The first kappa shape index (κ1) is 18.4. The fourth-order valence-electron chi connectivity index (χ4n) is 1.99. The summed E-state index contributed by atoms with van der Waals surface area (Å²) in [5.41, 5.74) is 2.38. The lowest BCUT2D eigenvalue weighted by atomic mass is 10.2. The van der Waals surface area contributed by atoms with Crippen molar-refractivity contribution in [1.29, 1.82) is 0 Å². The fourth-order valence-corrected chi connectivity index (χ4v) is 8.45. The molecular weight excluding hydrogens is 363 g/mol. The first-order chi connectivity index (χ1) is 11.0. The van der Waals surface area contributed by atoms with Crippen LogP contribution in [0.25, 0.3) is 0 Å². The van der Waals surface area contributed by atoms with E-state index in [-0.39, 0.29) is 5.16 Å². The van der Waals surface area contributed by atoms with E-state index in [1.165, 1.54) is 11.1 Å².